The third kappa shape index (κ3) is 2.42. The van der Waals surface area contributed by atoms with Gasteiger partial charge in [0.1, 0.15) is 24.4 Å². The SMILES string of the molecule is CN1C(=O)COc2cc(C(c3ccccc3)n3cncn3)ccc21. The molecule has 0 spiro atoms. The molecule has 4 rings (SSSR count). The molecule has 0 radical (unpaired) electrons. The largest absolute Gasteiger partial charge is 0.482 e. The second kappa shape index (κ2) is 5.81. The summed E-state index contributed by atoms with van der Waals surface area (Å²) in [5, 5.41) is 4.31. The van der Waals surface area contributed by atoms with Crippen molar-refractivity contribution in [2.45, 2.75) is 6.04 Å². The molecule has 0 saturated carbocycles. The van der Waals surface area contributed by atoms with E-state index in [1.807, 2.05) is 41.1 Å². The van der Waals surface area contributed by atoms with Crippen LogP contribution in [0.15, 0.2) is 61.2 Å². The summed E-state index contributed by atoms with van der Waals surface area (Å²) in [6.07, 6.45) is 3.23. The molecule has 24 heavy (non-hydrogen) atoms. The van der Waals surface area contributed by atoms with E-state index in [9.17, 15) is 4.79 Å². The van der Waals surface area contributed by atoms with Crippen molar-refractivity contribution in [1.29, 1.82) is 0 Å². The van der Waals surface area contributed by atoms with E-state index < -0.39 is 0 Å². The van der Waals surface area contributed by atoms with Gasteiger partial charge in [0.2, 0.25) is 0 Å². The van der Waals surface area contributed by atoms with Crippen LogP contribution in [0.1, 0.15) is 17.2 Å². The standard InChI is InChI=1S/C18H16N4O2/c1-21-15-8-7-14(9-16(15)24-10-17(21)23)18(22-12-19-11-20-22)13-5-3-2-4-6-13/h2-9,11-12,18H,10H2,1H3. The number of hydrogen-bond acceptors (Lipinski definition) is 4. The van der Waals surface area contributed by atoms with Gasteiger partial charge in [-0.05, 0) is 23.3 Å². The molecule has 120 valence electrons. The first-order valence-electron chi connectivity index (χ1n) is 7.66. The Morgan fingerprint density at radius 2 is 1.96 bits per heavy atom. The molecule has 6 nitrogen and oxygen atoms in total. The summed E-state index contributed by atoms with van der Waals surface area (Å²) < 4.78 is 7.43. The Morgan fingerprint density at radius 3 is 2.71 bits per heavy atom. The van der Waals surface area contributed by atoms with E-state index in [4.69, 9.17) is 4.74 Å². The zero-order chi connectivity index (χ0) is 16.5. The second-order valence-corrected chi connectivity index (χ2v) is 5.66. The molecule has 1 unspecified atom stereocenters. The Balaban J connectivity index is 1.81. The number of likely N-dealkylation sites (N-methyl/N-ethyl adjacent to an activating group) is 1. The highest BCUT2D eigenvalue weighted by atomic mass is 16.5. The Morgan fingerprint density at radius 1 is 1.12 bits per heavy atom. The Kier molecular flexibility index (Phi) is 3.49. The molecule has 1 amide bonds. The number of benzene rings is 2. The van der Waals surface area contributed by atoms with Crippen LogP contribution in [0.3, 0.4) is 0 Å². The summed E-state index contributed by atoms with van der Waals surface area (Å²) in [4.78, 5) is 17.5. The number of rotatable bonds is 3. The monoisotopic (exact) mass is 320 g/mol. The van der Waals surface area contributed by atoms with Crippen LogP contribution in [-0.2, 0) is 4.79 Å². The summed E-state index contributed by atoms with van der Waals surface area (Å²) in [5.74, 6) is 0.654. The molecular formula is C18H16N4O2. The first kappa shape index (κ1) is 14.4. The zero-order valence-corrected chi connectivity index (χ0v) is 13.2. The molecule has 1 aliphatic heterocycles. The number of amides is 1. The highest BCUT2D eigenvalue weighted by Crippen LogP contribution is 2.36. The van der Waals surface area contributed by atoms with Crippen molar-refractivity contribution in [2.24, 2.45) is 0 Å². The lowest BCUT2D eigenvalue weighted by molar-refractivity contribution is -0.120. The van der Waals surface area contributed by atoms with Crippen LogP contribution in [-0.4, -0.2) is 34.3 Å². The highest BCUT2D eigenvalue weighted by molar-refractivity contribution is 5.97. The van der Waals surface area contributed by atoms with Crippen LogP contribution in [0, 0.1) is 0 Å². The summed E-state index contributed by atoms with van der Waals surface area (Å²) in [7, 11) is 1.76. The van der Waals surface area contributed by atoms with Gasteiger partial charge >= 0.3 is 0 Å². The van der Waals surface area contributed by atoms with Crippen LogP contribution < -0.4 is 9.64 Å². The highest BCUT2D eigenvalue weighted by Gasteiger charge is 2.25. The quantitative estimate of drug-likeness (QED) is 0.743. The second-order valence-electron chi connectivity index (χ2n) is 5.66. The predicted molar refractivity (Wildman–Crippen MR) is 89.1 cm³/mol. The average Bonchev–Trinajstić information content (AvgIpc) is 3.14. The smallest absolute Gasteiger partial charge is 0.264 e. The van der Waals surface area contributed by atoms with Crippen molar-refractivity contribution < 1.29 is 9.53 Å². The van der Waals surface area contributed by atoms with E-state index in [0.717, 1.165) is 16.8 Å². The molecule has 1 aliphatic rings. The number of carbonyl (C=O) groups is 1. The van der Waals surface area contributed by atoms with Crippen molar-refractivity contribution in [2.75, 3.05) is 18.6 Å². The van der Waals surface area contributed by atoms with E-state index in [-0.39, 0.29) is 18.6 Å². The number of hydrogen-bond donors (Lipinski definition) is 0. The van der Waals surface area contributed by atoms with Gasteiger partial charge in [0.25, 0.3) is 5.91 Å². The molecule has 0 saturated heterocycles. The van der Waals surface area contributed by atoms with Gasteiger partial charge in [0.15, 0.2) is 6.61 Å². The molecule has 3 aromatic rings. The van der Waals surface area contributed by atoms with Gasteiger partial charge in [0, 0.05) is 7.05 Å². The van der Waals surface area contributed by atoms with Crippen LogP contribution in [0.2, 0.25) is 0 Å². The molecule has 0 aliphatic carbocycles. The molecule has 2 heterocycles. The number of carbonyl (C=O) groups excluding carboxylic acids is 1. The minimum Gasteiger partial charge on any atom is -0.482 e. The lowest BCUT2D eigenvalue weighted by Crippen LogP contribution is -2.35. The topological polar surface area (TPSA) is 60.2 Å². The average molecular weight is 320 g/mol. The molecule has 1 aromatic heterocycles. The van der Waals surface area contributed by atoms with Gasteiger partial charge in [-0.1, -0.05) is 36.4 Å². The van der Waals surface area contributed by atoms with Crippen molar-refractivity contribution >= 4 is 11.6 Å². The fourth-order valence-corrected chi connectivity index (χ4v) is 2.95. The summed E-state index contributed by atoms with van der Waals surface area (Å²) in [6, 6.07) is 15.9. The Bertz CT molecular complexity index is 862. The fraction of sp³-hybridized carbons (Fsp3) is 0.167. The van der Waals surface area contributed by atoms with E-state index in [1.54, 1.807) is 18.3 Å². The lowest BCUT2D eigenvalue weighted by Gasteiger charge is -2.27. The molecule has 6 heteroatoms. The van der Waals surface area contributed by atoms with Gasteiger partial charge in [-0.3, -0.25) is 4.79 Å². The summed E-state index contributed by atoms with van der Waals surface area (Å²) >= 11 is 0. The Labute approximate surface area is 139 Å². The molecule has 0 bridgehead atoms. The number of aromatic nitrogens is 3. The van der Waals surface area contributed by atoms with Gasteiger partial charge < -0.3 is 9.64 Å². The molecule has 0 N–H and O–H groups in total. The third-order valence-electron chi connectivity index (χ3n) is 4.20. The van der Waals surface area contributed by atoms with E-state index in [2.05, 4.69) is 22.2 Å². The first-order chi connectivity index (χ1) is 11.7. The maximum Gasteiger partial charge on any atom is 0.264 e. The molecule has 2 aromatic carbocycles. The van der Waals surface area contributed by atoms with E-state index >= 15 is 0 Å². The minimum atomic E-state index is -0.106. The third-order valence-corrected chi connectivity index (χ3v) is 4.20. The van der Waals surface area contributed by atoms with Crippen LogP contribution in [0.5, 0.6) is 5.75 Å². The molecular weight excluding hydrogens is 304 g/mol. The van der Waals surface area contributed by atoms with Gasteiger partial charge in [-0.2, -0.15) is 5.10 Å². The van der Waals surface area contributed by atoms with Crippen LogP contribution >= 0.6 is 0 Å². The van der Waals surface area contributed by atoms with Crippen molar-refractivity contribution in [3.63, 3.8) is 0 Å². The predicted octanol–water partition coefficient (Wildman–Crippen LogP) is 2.27. The van der Waals surface area contributed by atoms with E-state index in [0.29, 0.717) is 5.75 Å². The number of fused-ring (bicyclic) bond motifs is 1. The van der Waals surface area contributed by atoms with Gasteiger partial charge in [0.05, 0.1) is 5.69 Å². The van der Waals surface area contributed by atoms with Crippen LogP contribution in [0.4, 0.5) is 5.69 Å². The summed E-state index contributed by atoms with van der Waals surface area (Å²) in [6.45, 7) is 0.0618. The fourth-order valence-electron chi connectivity index (χ4n) is 2.95. The van der Waals surface area contributed by atoms with Gasteiger partial charge in [-0.25, -0.2) is 9.67 Å². The maximum absolute atomic E-state index is 11.8. The van der Waals surface area contributed by atoms with Gasteiger partial charge in [-0.15, -0.1) is 0 Å². The van der Waals surface area contributed by atoms with Crippen LogP contribution in [0.25, 0.3) is 0 Å². The maximum atomic E-state index is 11.8. The van der Waals surface area contributed by atoms with Crippen molar-refractivity contribution in [3.8, 4) is 5.75 Å². The molecule has 0 fully saturated rings. The zero-order valence-electron chi connectivity index (χ0n) is 13.2. The number of nitrogens with zero attached hydrogens (tertiary/aromatic N) is 4. The number of anilines is 1. The van der Waals surface area contributed by atoms with E-state index in [1.165, 1.54) is 6.33 Å². The first-order valence-corrected chi connectivity index (χ1v) is 7.66. The summed E-state index contributed by atoms with van der Waals surface area (Å²) in [5.41, 5.74) is 2.90. The Hall–Kier alpha value is -3.15. The van der Waals surface area contributed by atoms with Crippen molar-refractivity contribution in [1.82, 2.24) is 14.8 Å². The minimum absolute atomic E-state index is 0.0499. The number of ether oxygens (including phenoxy) is 1. The lowest BCUT2D eigenvalue weighted by atomic mass is 9.98. The van der Waals surface area contributed by atoms with Crippen molar-refractivity contribution in [3.05, 3.63) is 72.3 Å². The normalized spacial score (nSPS) is 14.9. The molecule has 1 atom stereocenters.